The van der Waals surface area contributed by atoms with Crippen LogP contribution in [-0.4, -0.2) is 70.2 Å². The Hall–Kier alpha value is -2.91. The molecule has 0 bridgehead atoms. The van der Waals surface area contributed by atoms with Gasteiger partial charge in [0.1, 0.15) is 11.1 Å². The molecule has 1 amide bonds. The molecule has 4 heterocycles. The van der Waals surface area contributed by atoms with Crippen LogP contribution >= 0.6 is 11.8 Å². The zero-order chi connectivity index (χ0) is 23.8. The van der Waals surface area contributed by atoms with Crippen molar-refractivity contribution in [3.05, 3.63) is 77.5 Å². The van der Waals surface area contributed by atoms with Gasteiger partial charge in [-0.1, -0.05) is 18.2 Å². The molecule has 2 aliphatic heterocycles. The number of piperazine rings is 1. The molecule has 3 N–H and O–H groups in total. The summed E-state index contributed by atoms with van der Waals surface area (Å²) in [7, 11) is 2.17. The van der Waals surface area contributed by atoms with Crippen LogP contribution in [0.5, 0.6) is 0 Å². The van der Waals surface area contributed by atoms with Crippen molar-refractivity contribution in [2.45, 2.75) is 18.1 Å². The third kappa shape index (κ3) is 4.79. The highest BCUT2D eigenvalue weighted by atomic mass is 32.2. The summed E-state index contributed by atoms with van der Waals surface area (Å²) in [4.78, 5) is 25.5. The van der Waals surface area contributed by atoms with E-state index < -0.39 is 0 Å². The maximum Gasteiger partial charge on any atom is 0.253 e. The lowest BCUT2D eigenvalue weighted by atomic mass is 10.1. The number of nitrogens with one attached hydrogen (secondary N) is 3. The molecule has 2 fully saturated rings. The Morgan fingerprint density at radius 3 is 2.74 bits per heavy atom. The van der Waals surface area contributed by atoms with Gasteiger partial charge in [0.05, 0.1) is 0 Å². The lowest BCUT2D eigenvalue weighted by molar-refractivity contribution is 0.0945. The minimum absolute atomic E-state index is 0.0417. The first-order chi connectivity index (χ1) is 17.1. The molecular weight excluding hydrogens is 456 g/mol. The molecule has 2 atom stereocenters. The summed E-state index contributed by atoms with van der Waals surface area (Å²) < 4.78 is 0. The Morgan fingerprint density at radius 1 is 1.09 bits per heavy atom. The van der Waals surface area contributed by atoms with E-state index in [1.165, 1.54) is 16.5 Å². The van der Waals surface area contributed by atoms with Crippen molar-refractivity contribution in [3.8, 4) is 0 Å². The largest absolute Gasteiger partial charge is 0.339 e. The van der Waals surface area contributed by atoms with E-state index in [2.05, 4.69) is 73.8 Å². The van der Waals surface area contributed by atoms with Crippen molar-refractivity contribution in [2.24, 2.45) is 0 Å². The summed E-state index contributed by atoms with van der Waals surface area (Å²) in [5.74, 6) is 0.862. The summed E-state index contributed by atoms with van der Waals surface area (Å²) in [6, 6.07) is 18.8. The van der Waals surface area contributed by atoms with Crippen molar-refractivity contribution < 1.29 is 4.79 Å². The highest BCUT2D eigenvalue weighted by Crippen LogP contribution is 2.32. The number of hydrogen-bond acceptors (Lipinski definition) is 6. The number of amides is 1. The Balaban J connectivity index is 1.07. The number of aromatic nitrogens is 2. The van der Waals surface area contributed by atoms with Gasteiger partial charge in [0, 0.05) is 72.6 Å². The fourth-order valence-electron chi connectivity index (χ4n) is 4.94. The van der Waals surface area contributed by atoms with Crippen LogP contribution in [-0.2, 0) is 6.54 Å². The fourth-order valence-corrected chi connectivity index (χ4v) is 6.06. The first kappa shape index (κ1) is 22.5. The topological polar surface area (TPSA) is 76.3 Å². The number of aromatic amines is 1. The van der Waals surface area contributed by atoms with E-state index in [4.69, 9.17) is 0 Å². The second-order valence-electron chi connectivity index (χ2n) is 9.51. The molecule has 35 heavy (non-hydrogen) atoms. The lowest BCUT2D eigenvalue weighted by Gasteiger charge is -2.32. The number of rotatable bonds is 5. The molecule has 0 spiro atoms. The van der Waals surface area contributed by atoms with Gasteiger partial charge in [-0.3, -0.25) is 15.0 Å². The molecule has 2 saturated heterocycles. The summed E-state index contributed by atoms with van der Waals surface area (Å²) in [6.45, 7) is 5.35. The number of fused-ring (bicyclic) bond motifs is 3. The number of carbonyl (C=O) groups is 1. The average molecular weight is 487 g/mol. The monoisotopic (exact) mass is 486 g/mol. The molecule has 0 saturated carbocycles. The maximum absolute atomic E-state index is 12.9. The van der Waals surface area contributed by atoms with Crippen LogP contribution in [0.15, 0.2) is 60.8 Å². The van der Waals surface area contributed by atoms with Gasteiger partial charge in [0.25, 0.3) is 5.91 Å². The van der Waals surface area contributed by atoms with Crippen molar-refractivity contribution in [1.82, 2.24) is 30.4 Å². The third-order valence-corrected chi connectivity index (χ3v) is 8.17. The molecule has 6 rings (SSSR count). The SMILES string of the molecule is CN1CCN(Cc2ccc(C(=O)NC3NC(c4ccc5[nH]c6ncccc6c5c4)CS3)cc2)CC1. The van der Waals surface area contributed by atoms with Gasteiger partial charge >= 0.3 is 0 Å². The molecule has 2 aromatic heterocycles. The average Bonchev–Trinajstić information content (AvgIpc) is 3.50. The number of thioether (sulfide) groups is 1. The Bertz CT molecular complexity index is 1350. The van der Waals surface area contributed by atoms with E-state index >= 15 is 0 Å². The highest BCUT2D eigenvalue weighted by Gasteiger charge is 2.27. The second kappa shape index (κ2) is 9.62. The lowest BCUT2D eigenvalue weighted by Crippen LogP contribution is -2.43. The number of carbonyl (C=O) groups excluding carboxylic acids is 1. The minimum Gasteiger partial charge on any atom is -0.339 e. The molecule has 4 aromatic rings. The summed E-state index contributed by atoms with van der Waals surface area (Å²) in [6.07, 6.45) is 1.81. The van der Waals surface area contributed by atoms with Gasteiger partial charge in [-0.15, -0.1) is 11.8 Å². The van der Waals surface area contributed by atoms with E-state index in [-0.39, 0.29) is 17.4 Å². The second-order valence-corrected chi connectivity index (χ2v) is 10.7. The smallest absolute Gasteiger partial charge is 0.253 e. The first-order valence-corrected chi connectivity index (χ1v) is 13.2. The van der Waals surface area contributed by atoms with Crippen LogP contribution < -0.4 is 10.6 Å². The number of benzene rings is 2. The molecule has 2 unspecified atom stereocenters. The predicted octanol–water partition coefficient (Wildman–Crippen LogP) is 3.55. The highest BCUT2D eigenvalue weighted by molar-refractivity contribution is 8.00. The number of pyridine rings is 1. The number of likely N-dealkylation sites (N-methyl/N-ethyl adjacent to an activating group) is 1. The van der Waals surface area contributed by atoms with Crippen LogP contribution in [0.4, 0.5) is 0 Å². The van der Waals surface area contributed by atoms with E-state index in [0.717, 1.165) is 55.0 Å². The first-order valence-electron chi connectivity index (χ1n) is 12.2. The van der Waals surface area contributed by atoms with Crippen LogP contribution in [0.25, 0.3) is 21.9 Å². The van der Waals surface area contributed by atoms with Crippen molar-refractivity contribution >= 4 is 39.6 Å². The molecule has 2 aliphatic rings. The van der Waals surface area contributed by atoms with Gasteiger partial charge < -0.3 is 15.2 Å². The molecule has 180 valence electrons. The van der Waals surface area contributed by atoms with E-state index in [0.29, 0.717) is 5.56 Å². The summed E-state index contributed by atoms with van der Waals surface area (Å²) in [5, 5.41) is 9.04. The van der Waals surface area contributed by atoms with Crippen molar-refractivity contribution in [1.29, 1.82) is 0 Å². The maximum atomic E-state index is 12.9. The Kier molecular flexibility index (Phi) is 6.20. The van der Waals surface area contributed by atoms with E-state index in [1.807, 2.05) is 24.4 Å². The van der Waals surface area contributed by atoms with Gasteiger partial charge in [0.15, 0.2) is 0 Å². The number of hydrogen-bond donors (Lipinski definition) is 3. The molecule has 0 aliphatic carbocycles. The van der Waals surface area contributed by atoms with Crippen molar-refractivity contribution in [2.75, 3.05) is 39.0 Å². The number of nitrogens with zero attached hydrogens (tertiary/aromatic N) is 3. The zero-order valence-corrected chi connectivity index (χ0v) is 20.6. The van der Waals surface area contributed by atoms with Gasteiger partial charge in [0.2, 0.25) is 0 Å². The quantitative estimate of drug-likeness (QED) is 0.401. The molecule has 7 nitrogen and oxygen atoms in total. The van der Waals surface area contributed by atoms with Crippen LogP contribution in [0.3, 0.4) is 0 Å². The third-order valence-electron chi connectivity index (χ3n) is 7.06. The van der Waals surface area contributed by atoms with Crippen LogP contribution in [0, 0.1) is 0 Å². The Morgan fingerprint density at radius 2 is 1.91 bits per heavy atom. The van der Waals surface area contributed by atoms with Gasteiger partial charge in [-0.2, -0.15) is 0 Å². The van der Waals surface area contributed by atoms with Crippen LogP contribution in [0.1, 0.15) is 27.5 Å². The normalized spacial score (nSPS) is 21.6. The summed E-state index contributed by atoms with van der Waals surface area (Å²) >= 11 is 1.73. The molecule has 0 radical (unpaired) electrons. The van der Waals surface area contributed by atoms with Crippen LogP contribution in [0.2, 0.25) is 0 Å². The minimum atomic E-state index is -0.113. The van der Waals surface area contributed by atoms with E-state index in [1.54, 1.807) is 11.8 Å². The Labute approximate surface area is 209 Å². The summed E-state index contributed by atoms with van der Waals surface area (Å²) in [5.41, 5.74) is 5.06. The van der Waals surface area contributed by atoms with Gasteiger partial charge in [-0.25, -0.2) is 4.98 Å². The van der Waals surface area contributed by atoms with E-state index in [9.17, 15) is 4.79 Å². The molecule has 2 aromatic carbocycles. The van der Waals surface area contributed by atoms with Crippen molar-refractivity contribution in [3.63, 3.8) is 0 Å². The zero-order valence-electron chi connectivity index (χ0n) is 19.8. The predicted molar refractivity (Wildman–Crippen MR) is 142 cm³/mol. The molecular formula is C27H30N6OS. The molecule has 8 heteroatoms. The number of H-pyrrole nitrogens is 1. The van der Waals surface area contributed by atoms with Gasteiger partial charge in [-0.05, 0) is 54.6 Å². The fraction of sp³-hybridized carbons (Fsp3) is 0.333. The standard InChI is InChI=1S/C27H30N6OS/c1-32-11-13-33(14-12-32)16-18-4-6-19(7-5-18)26(34)31-27-30-24(17-35-27)20-8-9-23-22(15-20)21-3-2-10-28-25(21)29-23/h2-10,15,24,27,30H,11-14,16-17H2,1H3,(H,28,29)(H,31,34).